The second kappa shape index (κ2) is 7.02. The van der Waals surface area contributed by atoms with Crippen LogP contribution in [0, 0.1) is 0 Å². The molecule has 1 aliphatic heterocycles. The van der Waals surface area contributed by atoms with Gasteiger partial charge in [0.1, 0.15) is 18.2 Å². The van der Waals surface area contributed by atoms with Gasteiger partial charge in [0.05, 0.1) is 5.57 Å². The third kappa shape index (κ3) is 3.27. The molecule has 2 aromatic heterocycles. The number of pyridine rings is 1. The molecule has 1 atom stereocenters. The van der Waals surface area contributed by atoms with Gasteiger partial charge in [-0.25, -0.2) is 9.67 Å². The number of carbonyl (C=O) groups excluding carboxylic acids is 1. The summed E-state index contributed by atoms with van der Waals surface area (Å²) in [5.74, 6) is 0.668. The highest BCUT2D eigenvalue weighted by molar-refractivity contribution is 6.35. The Morgan fingerprint density at radius 2 is 2.07 bits per heavy atom. The van der Waals surface area contributed by atoms with Crippen LogP contribution < -0.4 is 10.6 Å². The van der Waals surface area contributed by atoms with Crippen LogP contribution in [0.2, 0.25) is 10.0 Å². The number of carbonyl (C=O) groups is 1. The number of anilines is 2. The maximum absolute atomic E-state index is 13.1. The van der Waals surface area contributed by atoms with E-state index in [9.17, 15) is 4.79 Å². The Balaban J connectivity index is 1.81. The van der Waals surface area contributed by atoms with E-state index in [1.165, 1.54) is 6.33 Å². The van der Waals surface area contributed by atoms with Gasteiger partial charge in [-0.3, -0.25) is 4.79 Å². The fourth-order valence-electron chi connectivity index (χ4n) is 3.02. The van der Waals surface area contributed by atoms with Gasteiger partial charge in [0.2, 0.25) is 5.95 Å². The topological polar surface area (TPSA) is 84.7 Å². The number of hydrogen-bond acceptors (Lipinski definition) is 5. The van der Waals surface area contributed by atoms with Gasteiger partial charge < -0.3 is 10.6 Å². The van der Waals surface area contributed by atoms with Crippen molar-refractivity contribution in [1.82, 2.24) is 19.7 Å². The summed E-state index contributed by atoms with van der Waals surface area (Å²) in [5.41, 5.74) is 1.81. The Morgan fingerprint density at radius 1 is 1.22 bits per heavy atom. The number of aromatic nitrogens is 4. The summed E-state index contributed by atoms with van der Waals surface area (Å²) in [5, 5.41) is 11.1. The Kier molecular flexibility index (Phi) is 4.55. The summed E-state index contributed by atoms with van der Waals surface area (Å²) in [4.78, 5) is 21.4. The summed E-state index contributed by atoms with van der Waals surface area (Å²) in [7, 11) is 0. The number of rotatable bonds is 3. The standard InChI is InChI=1S/C18H14Cl2N6O/c1-10-15(17(27)25-14-4-2-3-7-21-14)16(26-18(24-10)22-9-23-26)12-6-5-11(19)8-13(12)20/h2-9,16H,1H3,(H,21,25,27)(H,22,23,24). The molecule has 4 rings (SSSR count). The smallest absolute Gasteiger partial charge is 0.257 e. The molecule has 0 fully saturated rings. The van der Waals surface area contributed by atoms with Gasteiger partial charge in [-0.05, 0) is 31.2 Å². The molecule has 1 unspecified atom stereocenters. The van der Waals surface area contributed by atoms with Crippen LogP contribution in [-0.4, -0.2) is 25.7 Å². The van der Waals surface area contributed by atoms with E-state index in [4.69, 9.17) is 23.2 Å². The zero-order valence-electron chi connectivity index (χ0n) is 14.1. The zero-order valence-corrected chi connectivity index (χ0v) is 15.7. The minimum absolute atomic E-state index is 0.309. The Hall–Kier alpha value is -2.90. The van der Waals surface area contributed by atoms with Crippen molar-refractivity contribution in [3.05, 3.63) is 75.8 Å². The normalized spacial score (nSPS) is 15.9. The monoisotopic (exact) mass is 400 g/mol. The minimum Gasteiger partial charge on any atom is -0.328 e. The van der Waals surface area contributed by atoms with E-state index in [1.54, 1.807) is 47.3 Å². The zero-order chi connectivity index (χ0) is 19.0. The van der Waals surface area contributed by atoms with Crippen molar-refractivity contribution in [1.29, 1.82) is 0 Å². The second-order valence-corrected chi connectivity index (χ2v) is 6.77. The van der Waals surface area contributed by atoms with Crippen molar-refractivity contribution >= 4 is 40.9 Å². The number of nitrogens with one attached hydrogen (secondary N) is 2. The lowest BCUT2D eigenvalue weighted by atomic mass is 9.95. The minimum atomic E-state index is -0.558. The quantitative estimate of drug-likeness (QED) is 0.695. The average Bonchev–Trinajstić information content (AvgIpc) is 3.09. The van der Waals surface area contributed by atoms with E-state index in [0.29, 0.717) is 38.6 Å². The maximum atomic E-state index is 13.1. The average molecular weight is 401 g/mol. The molecule has 2 N–H and O–H groups in total. The van der Waals surface area contributed by atoms with E-state index in [-0.39, 0.29) is 5.91 Å². The number of benzene rings is 1. The predicted octanol–water partition coefficient (Wildman–Crippen LogP) is 3.91. The molecule has 9 heteroatoms. The van der Waals surface area contributed by atoms with Gasteiger partial charge in [0.15, 0.2) is 0 Å². The van der Waals surface area contributed by atoms with Crippen LogP contribution in [0.15, 0.2) is 60.2 Å². The van der Waals surface area contributed by atoms with E-state index in [1.807, 2.05) is 6.92 Å². The largest absolute Gasteiger partial charge is 0.328 e. The molecule has 7 nitrogen and oxygen atoms in total. The lowest BCUT2D eigenvalue weighted by Gasteiger charge is -2.29. The van der Waals surface area contributed by atoms with Crippen LogP contribution in [0.1, 0.15) is 18.5 Å². The fourth-order valence-corrected chi connectivity index (χ4v) is 3.53. The lowest BCUT2D eigenvalue weighted by molar-refractivity contribution is -0.113. The van der Waals surface area contributed by atoms with Crippen LogP contribution in [0.25, 0.3) is 0 Å². The van der Waals surface area contributed by atoms with Crippen molar-refractivity contribution in [2.75, 3.05) is 10.6 Å². The fraction of sp³-hybridized carbons (Fsp3) is 0.111. The second-order valence-electron chi connectivity index (χ2n) is 5.93. The summed E-state index contributed by atoms with van der Waals surface area (Å²) >= 11 is 12.5. The van der Waals surface area contributed by atoms with Gasteiger partial charge in [0, 0.05) is 27.5 Å². The van der Waals surface area contributed by atoms with Gasteiger partial charge >= 0.3 is 0 Å². The highest BCUT2D eigenvalue weighted by Gasteiger charge is 2.34. The molecular weight excluding hydrogens is 387 g/mol. The van der Waals surface area contributed by atoms with E-state index >= 15 is 0 Å². The molecule has 1 amide bonds. The molecule has 27 heavy (non-hydrogen) atoms. The Morgan fingerprint density at radius 3 is 2.81 bits per heavy atom. The number of halogens is 2. The summed E-state index contributed by atoms with van der Waals surface area (Å²) in [6, 6.07) is 9.89. The van der Waals surface area contributed by atoms with E-state index < -0.39 is 6.04 Å². The summed E-state index contributed by atoms with van der Waals surface area (Å²) < 4.78 is 1.62. The highest BCUT2D eigenvalue weighted by atomic mass is 35.5. The summed E-state index contributed by atoms with van der Waals surface area (Å²) in [6.07, 6.45) is 3.03. The third-order valence-electron chi connectivity index (χ3n) is 4.20. The van der Waals surface area contributed by atoms with Crippen molar-refractivity contribution in [2.24, 2.45) is 0 Å². The van der Waals surface area contributed by atoms with Crippen molar-refractivity contribution < 1.29 is 4.79 Å². The first kappa shape index (κ1) is 17.5. The van der Waals surface area contributed by atoms with Crippen LogP contribution in [0.3, 0.4) is 0 Å². The molecule has 1 aromatic carbocycles. The highest BCUT2D eigenvalue weighted by Crippen LogP contribution is 2.38. The molecule has 0 saturated heterocycles. The molecule has 3 heterocycles. The third-order valence-corrected chi connectivity index (χ3v) is 4.77. The molecule has 0 radical (unpaired) electrons. The first-order valence-electron chi connectivity index (χ1n) is 8.09. The Bertz CT molecular complexity index is 1050. The lowest BCUT2D eigenvalue weighted by Crippen LogP contribution is -2.31. The molecule has 0 spiro atoms. The number of hydrogen-bond donors (Lipinski definition) is 2. The molecule has 0 bridgehead atoms. The van der Waals surface area contributed by atoms with E-state index in [2.05, 4.69) is 25.7 Å². The Labute approximate surface area is 165 Å². The van der Waals surface area contributed by atoms with Gasteiger partial charge in [0.25, 0.3) is 5.91 Å². The molecule has 1 aliphatic rings. The molecule has 3 aromatic rings. The van der Waals surface area contributed by atoms with Crippen molar-refractivity contribution in [3.8, 4) is 0 Å². The van der Waals surface area contributed by atoms with Crippen LogP contribution in [-0.2, 0) is 4.79 Å². The van der Waals surface area contributed by atoms with Crippen LogP contribution in [0.4, 0.5) is 11.8 Å². The van der Waals surface area contributed by atoms with Crippen molar-refractivity contribution in [2.45, 2.75) is 13.0 Å². The number of amides is 1. The van der Waals surface area contributed by atoms with Gasteiger partial charge in [-0.15, -0.1) is 0 Å². The van der Waals surface area contributed by atoms with Gasteiger partial charge in [-0.1, -0.05) is 35.3 Å². The van der Waals surface area contributed by atoms with Crippen LogP contribution >= 0.6 is 23.2 Å². The first-order valence-corrected chi connectivity index (χ1v) is 8.85. The predicted molar refractivity (Wildman–Crippen MR) is 104 cm³/mol. The molecule has 0 saturated carbocycles. The van der Waals surface area contributed by atoms with Gasteiger partial charge in [-0.2, -0.15) is 10.1 Å². The first-order chi connectivity index (χ1) is 13.0. The van der Waals surface area contributed by atoms with Crippen molar-refractivity contribution in [3.63, 3.8) is 0 Å². The number of allylic oxidation sites excluding steroid dienone is 1. The number of fused-ring (bicyclic) bond motifs is 1. The van der Waals surface area contributed by atoms with Crippen LogP contribution in [0.5, 0.6) is 0 Å². The summed E-state index contributed by atoms with van der Waals surface area (Å²) in [6.45, 7) is 1.81. The molecular formula is C18H14Cl2N6O. The maximum Gasteiger partial charge on any atom is 0.257 e. The molecule has 0 aliphatic carbocycles. The number of nitrogens with zero attached hydrogens (tertiary/aromatic N) is 4. The SMILES string of the molecule is CC1=C(C(=O)Nc2ccccn2)C(c2ccc(Cl)cc2Cl)n2ncnc2N1. The van der Waals surface area contributed by atoms with E-state index in [0.717, 1.165) is 0 Å². The molecule has 136 valence electrons.